The van der Waals surface area contributed by atoms with Crippen LogP contribution in [0.2, 0.25) is 0 Å². The molecule has 0 bridgehead atoms. The van der Waals surface area contributed by atoms with Crippen molar-refractivity contribution < 1.29 is 9.90 Å². The second-order valence-corrected chi connectivity index (χ2v) is 4.89. The molecule has 1 aliphatic rings. The predicted octanol–water partition coefficient (Wildman–Crippen LogP) is 1.02. The number of carbonyl (C=O) groups excluding carboxylic acids is 1. The van der Waals surface area contributed by atoms with Gasteiger partial charge in [-0.3, -0.25) is 9.69 Å². The first-order valence-electron chi connectivity index (χ1n) is 6.29. The van der Waals surface area contributed by atoms with Crippen LogP contribution >= 0.6 is 0 Å². The zero-order valence-corrected chi connectivity index (χ0v) is 11.0. The molecule has 1 aliphatic heterocycles. The lowest BCUT2D eigenvalue weighted by atomic mass is 9.98. The van der Waals surface area contributed by atoms with Gasteiger partial charge in [0.05, 0.1) is 6.73 Å². The van der Waals surface area contributed by atoms with Gasteiger partial charge in [0.25, 0.3) is 0 Å². The van der Waals surface area contributed by atoms with Gasteiger partial charge >= 0.3 is 0 Å². The summed E-state index contributed by atoms with van der Waals surface area (Å²) in [4.78, 5) is 15.2. The van der Waals surface area contributed by atoms with Crippen LogP contribution in [0.25, 0.3) is 0 Å². The fourth-order valence-corrected chi connectivity index (χ4v) is 2.26. The average molecular weight is 248 g/mol. The molecule has 4 heteroatoms. The fraction of sp³-hybridized carbons (Fsp3) is 0.500. The topological polar surface area (TPSA) is 43.8 Å². The van der Waals surface area contributed by atoms with E-state index in [0.29, 0.717) is 6.42 Å². The normalized spacial score (nSPS) is 15.1. The molecule has 1 N–H and O–H groups in total. The zero-order valence-electron chi connectivity index (χ0n) is 11.0. The highest BCUT2D eigenvalue weighted by atomic mass is 16.3. The molecule has 0 aromatic heterocycles. The molecular formula is C14H20N2O2. The van der Waals surface area contributed by atoms with Crippen molar-refractivity contribution in [3.8, 4) is 0 Å². The first-order chi connectivity index (χ1) is 8.61. The van der Waals surface area contributed by atoms with Crippen molar-refractivity contribution in [3.05, 3.63) is 29.3 Å². The highest BCUT2D eigenvalue weighted by molar-refractivity contribution is 5.95. The molecule has 18 heavy (non-hydrogen) atoms. The number of carbonyl (C=O) groups is 1. The molecule has 0 unspecified atom stereocenters. The molecule has 0 spiro atoms. The van der Waals surface area contributed by atoms with Gasteiger partial charge in [-0.1, -0.05) is 12.1 Å². The number of hydrogen-bond acceptors (Lipinski definition) is 3. The minimum atomic E-state index is 0.0855. The predicted molar refractivity (Wildman–Crippen MR) is 71.6 cm³/mol. The van der Waals surface area contributed by atoms with Crippen molar-refractivity contribution in [1.82, 2.24) is 4.90 Å². The standard InChI is InChI=1S/C14H20N2O2/c1-15(10-17)8-7-11-3-5-13-12(9-11)4-6-14(18)16(13)2/h3,5,9,17H,4,6-8,10H2,1-2H3. The molecular weight excluding hydrogens is 228 g/mol. The van der Waals surface area contributed by atoms with Gasteiger partial charge in [0.2, 0.25) is 5.91 Å². The number of aliphatic hydroxyl groups is 1. The maximum atomic E-state index is 11.6. The summed E-state index contributed by atoms with van der Waals surface area (Å²) >= 11 is 0. The van der Waals surface area contributed by atoms with Crippen molar-refractivity contribution in [1.29, 1.82) is 0 Å². The Kier molecular flexibility index (Phi) is 3.99. The molecule has 1 aromatic carbocycles. The second-order valence-electron chi connectivity index (χ2n) is 4.89. The summed E-state index contributed by atoms with van der Waals surface area (Å²) in [7, 11) is 3.73. The maximum absolute atomic E-state index is 11.6. The molecule has 98 valence electrons. The van der Waals surface area contributed by atoms with Crippen LogP contribution in [-0.4, -0.2) is 43.3 Å². The molecule has 0 radical (unpaired) electrons. The maximum Gasteiger partial charge on any atom is 0.227 e. The number of benzene rings is 1. The van der Waals surface area contributed by atoms with Gasteiger partial charge in [-0.15, -0.1) is 0 Å². The average Bonchev–Trinajstić information content (AvgIpc) is 2.40. The number of likely N-dealkylation sites (N-methyl/N-ethyl adjacent to an activating group) is 1. The van der Waals surface area contributed by atoms with Gasteiger partial charge in [0.15, 0.2) is 0 Å². The lowest BCUT2D eigenvalue weighted by molar-refractivity contribution is -0.118. The summed E-state index contributed by atoms with van der Waals surface area (Å²) in [6.07, 6.45) is 2.35. The van der Waals surface area contributed by atoms with E-state index in [1.807, 2.05) is 25.1 Å². The Bertz CT molecular complexity index is 445. The van der Waals surface area contributed by atoms with E-state index in [-0.39, 0.29) is 12.6 Å². The Morgan fingerprint density at radius 2 is 2.17 bits per heavy atom. The molecule has 1 heterocycles. The largest absolute Gasteiger partial charge is 0.381 e. The highest BCUT2D eigenvalue weighted by Gasteiger charge is 2.20. The van der Waals surface area contributed by atoms with Crippen molar-refractivity contribution in [2.75, 3.05) is 32.3 Å². The fourth-order valence-electron chi connectivity index (χ4n) is 2.26. The van der Waals surface area contributed by atoms with Crippen LogP contribution in [0.3, 0.4) is 0 Å². The van der Waals surface area contributed by atoms with Crippen molar-refractivity contribution in [3.63, 3.8) is 0 Å². The molecule has 4 nitrogen and oxygen atoms in total. The number of hydrogen-bond donors (Lipinski definition) is 1. The number of aliphatic hydroxyl groups excluding tert-OH is 1. The van der Waals surface area contributed by atoms with Crippen LogP contribution < -0.4 is 4.90 Å². The summed E-state index contributed by atoms with van der Waals surface area (Å²) in [6.45, 7) is 0.923. The SMILES string of the molecule is CN(CO)CCc1ccc2c(c1)CCC(=O)N2C. The number of aryl methyl sites for hydroxylation is 1. The van der Waals surface area contributed by atoms with Crippen LogP contribution in [0.1, 0.15) is 17.5 Å². The van der Waals surface area contributed by atoms with Gasteiger partial charge in [-0.2, -0.15) is 0 Å². The molecule has 0 saturated heterocycles. The number of anilines is 1. The summed E-state index contributed by atoms with van der Waals surface area (Å²) < 4.78 is 0. The highest BCUT2D eigenvalue weighted by Crippen LogP contribution is 2.27. The van der Waals surface area contributed by atoms with Gasteiger partial charge in [-0.05, 0) is 37.1 Å². The Hall–Kier alpha value is -1.39. The van der Waals surface area contributed by atoms with E-state index in [0.717, 1.165) is 25.1 Å². The van der Waals surface area contributed by atoms with Crippen LogP contribution in [0, 0.1) is 0 Å². The first-order valence-corrected chi connectivity index (χ1v) is 6.29. The van der Waals surface area contributed by atoms with Gasteiger partial charge in [-0.25, -0.2) is 0 Å². The smallest absolute Gasteiger partial charge is 0.227 e. The number of nitrogens with zero attached hydrogens (tertiary/aromatic N) is 2. The van der Waals surface area contributed by atoms with Crippen molar-refractivity contribution in [2.24, 2.45) is 0 Å². The quantitative estimate of drug-likeness (QED) is 0.809. The summed E-state index contributed by atoms with van der Waals surface area (Å²) in [5.74, 6) is 0.190. The lowest BCUT2D eigenvalue weighted by Crippen LogP contribution is -2.31. The van der Waals surface area contributed by atoms with E-state index >= 15 is 0 Å². The van der Waals surface area contributed by atoms with E-state index in [1.54, 1.807) is 4.90 Å². The van der Waals surface area contributed by atoms with E-state index < -0.39 is 0 Å². The van der Waals surface area contributed by atoms with Crippen LogP contribution in [0.4, 0.5) is 5.69 Å². The lowest BCUT2D eigenvalue weighted by Gasteiger charge is -2.26. The first kappa shape index (κ1) is 13.1. The van der Waals surface area contributed by atoms with Crippen molar-refractivity contribution >= 4 is 11.6 Å². The number of fused-ring (bicyclic) bond motifs is 1. The molecule has 1 amide bonds. The van der Waals surface area contributed by atoms with Gasteiger partial charge in [0, 0.05) is 25.7 Å². The molecule has 0 atom stereocenters. The Morgan fingerprint density at radius 3 is 2.89 bits per heavy atom. The number of amides is 1. The van der Waals surface area contributed by atoms with Crippen LogP contribution in [-0.2, 0) is 17.6 Å². The monoisotopic (exact) mass is 248 g/mol. The summed E-state index contributed by atoms with van der Waals surface area (Å²) in [5.41, 5.74) is 3.54. The molecule has 2 rings (SSSR count). The van der Waals surface area contributed by atoms with E-state index in [4.69, 9.17) is 5.11 Å². The third-order valence-corrected chi connectivity index (χ3v) is 3.51. The summed E-state index contributed by atoms with van der Waals surface area (Å²) in [6, 6.07) is 6.28. The Balaban J connectivity index is 2.10. The van der Waals surface area contributed by atoms with Gasteiger partial charge in [0.1, 0.15) is 0 Å². The Labute approximate surface area is 108 Å². The second kappa shape index (κ2) is 5.50. The van der Waals surface area contributed by atoms with Crippen LogP contribution in [0.15, 0.2) is 18.2 Å². The zero-order chi connectivity index (χ0) is 13.1. The summed E-state index contributed by atoms with van der Waals surface area (Å²) in [5, 5.41) is 8.95. The minimum absolute atomic E-state index is 0.0855. The third-order valence-electron chi connectivity index (χ3n) is 3.51. The minimum Gasteiger partial charge on any atom is -0.381 e. The number of rotatable bonds is 4. The molecule has 0 aliphatic carbocycles. The van der Waals surface area contributed by atoms with Gasteiger partial charge < -0.3 is 10.0 Å². The van der Waals surface area contributed by atoms with Crippen LogP contribution in [0.5, 0.6) is 0 Å². The van der Waals surface area contributed by atoms with Crippen molar-refractivity contribution in [2.45, 2.75) is 19.3 Å². The molecule has 0 fully saturated rings. The van der Waals surface area contributed by atoms with E-state index in [1.165, 1.54) is 11.1 Å². The van der Waals surface area contributed by atoms with E-state index in [2.05, 4.69) is 12.1 Å². The molecule has 0 saturated carbocycles. The Morgan fingerprint density at radius 1 is 1.39 bits per heavy atom. The molecule has 1 aromatic rings. The van der Waals surface area contributed by atoms with E-state index in [9.17, 15) is 4.79 Å². The third kappa shape index (κ3) is 2.71.